The van der Waals surface area contributed by atoms with Gasteiger partial charge in [-0.25, -0.2) is 4.98 Å². The molecule has 0 radical (unpaired) electrons. The van der Waals surface area contributed by atoms with E-state index in [1.165, 1.54) is 6.07 Å². The summed E-state index contributed by atoms with van der Waals surface area (Å²) in [5, 5.41) is 14.8. The lowest BCUT2D eigenvalue weighted by molar-refractivity contribution is -0.385. The normalized spacial score (nSPS) is 15.0. The second kappa shape index (κ2) is 9.28. The largest absolute Gasteiger partial charge is 0.489 e. The van der Waals surface area contributed by atoms with Gasteiger partial charge in [-0.2, -0.15) is 0 Å². The molecule has 1 N–H and O–H groups in total. The molecule has 0 spiro atoms. The molecule has 1 aromatic carbocycles. The van der Waals surface area contributed by atoms with Crippen LogP contribution in [0.1, 0.15) is 19.0 Å². The number of hydrogen-bond acceptors (Lipinski definition) is 6. The maximum Gasteiger partial charge on any atom is 0.286 e. The molecule has 0 amide bonds. The van der Waals surface area contributed by atoms with Crippen molar-refractivity contribution in [2.75, 3.05) is 32.8 Å². The van der Waals surface area contributed by atoms with E-state index in [1.807, 2.05) is 35.6 Å². The Labute approximate surface area is 181 Å². The number of pyridine rings is 1. The van der Waals surface area contributed by atoms with E-state index in [1.54, 1.807) is 12.3 Å². The Morgan fingerprint density at radius 3 is 2.77 bits per heavy atom. The van der Waals surface area contributed by atoms with Gasteiger partial charge in [0, 0.05) is 31.3 Å². The SMILES string of the molecule is C=C(C)COc1ccc(-c2nc3ccc([N+](=O)[O-])cn3c2CN2CCCNCC2)cc1. The predicted molar refractivity (Wildman–Crippen MR) is 120 cm³/mol. The first-order valence-corrected chi connectivity index (χ1v) is 10.5. The average Bonchev–Trinajstić information content (AvgIpc) is 2.92. The predicted octanol–water partition coefficient (Wildman–Crippen LogP) is 3.66. The molecule has 0 atom stereocenters. The van der Waals surface area contributed by atoms with E-state index in [9.17, 15) is 10.1 Å². The van der Waals surface area contributed by atoms with Crippen LogP contribution in [0.4, 0.5) is 5.69 Å². The molecule has 1 saturated heterocycles. The number of ether oxygens (including phenoxy) is 1. The van der Waals surface area contributed by atoms with E-state index in [0.717, 1.165) is 60.9 Å². The van der Waals surface area contributed by atoms with Gasteiger partial charge in [-0.05, 0) is 62.3 Å². The summed E-state index contributed by atoms with van der Waals surface area (Å²) in [5.74, 6) is 0.770. The maximum atomic E-state index is 11.3. The Kier molecular flexibility index (Phi) is 6.29. The minimum absolute atomic E-state index is 0.0544. The van der Waals surface area contributed by atoms with Gasteiger partial charge in [0.2, 0.25) is 0 Å². The summed E-state index contributed by atoms with van der Waals surface area (Å²) in [6.45, 7) is 10.8. The summed E-state index contributed by atoms with van der Waals surface area (Å²) in [5.41, 5.74) is 4.46. The number of rotatable bonds is 7. The van der Waals surface area contributed by atoms with Gasteiger partial charge in [0.15, 0.2) is 0 Å². The second-order valence-electron chi connectivity index (χ2n) is 7.93. The molecule has 2 aromatic heterocycles. The molecule has 1 aliphatic rings. The highest BCUT2D eigenvalue weighted by molar-refractivity contribution is 5.67. The standard InChI is InChI=1S/C23H27N5O3/c1-17(2)16-31-20-7-4-18(5-8-20)23-21(15-26-12-3-10-24-11-13-26)27-14-19(28(29)30)6-9-22(27)25-23/h4-9,14,24H,1,3,10-13,15-16H2,2H3. The van der Waals surface area contributed by atoms with Crippen molar-refractivity contribution in [2.24, 2.45) is 0 Å². The third kappa shape index (κ3) is 4.92. The molecule has 0 unspecified atom stereocenters. The molecule has 0 bridgehead atoms. The van der Waals surface area contributed by atoms with Crippen LogP contribution in [0.15, 0.2) is 54.7 Å². The van der Waals surface area contributed by atoms with Crippen LogP contribution >= 0.6 is 0 Å². The fourth-order valence-electron chi connectivity index (χ4n) is 3.76. The zero-order valence-electron chi connectivity index (χ0n) is 17.7. The zero-order valence-corrected chi connectivity index (χ0v) is 17.7. The van der Waals surface area contributed by atoms with Crippen LogP contribution in [0, 0.1) is 10.1 Å². The molecule has 3 aromatic rings. The van der Waals surface area contributed by atoms with Crippen molar-refractivity contribution >= 4 is 11.3 Å². The third-order valence-corrected chi connectivity index (χ3v) is 5.33. The Bertz CT molecular complexity index is 1080. The lowest BCUT2D eigenvalue weighted by Gasteiger charge is -2.20. The molecule has 8 nitrogen and oxygen atoms in total. The first-order chi connectivity index (χ1) is 15.0. The first kappa shape index (κ1) is 21.0. The van der Waals surface area contributed by atoms with Gasteiger partial charge in [-0.1, -0.05) is 6.58 Å². The summed E-state index contributed by atoms with van der Waals surface area (Å²) in [6, 6.07) is 11.0. The summed E-state index contributed by atoms with van der Waals surface area (Å²) in [6.07, 6.45) is 2.64. The smallest absolute Gasteiger partial charge is 0.286 e. The minimum atomic E-state index is -0.369. The molecule has 0 saturated carbocycles. The summed E-state index contributed by atoms with van der Waals surface area (Å²) in [7, 11) is 0. The number of nitro groups is 1. The fraction of sp³-hybridized carbons (Fsp3) is 0.348. The van der Waals surface area contributed by atoms with E-state index in [4.69, 9.17) is 9.72 Å². The zero-order chi connectivity index (χ0) is 21.8. The molecule has 162 valence electrons. The molecular weight excluding hydrogens is 394 g/mol. The highest BCUT2D eigenvalue weighted by Crippen LogP contribution is 2.29. The molecular formula is C23H27N5O3. The number of imidazole rings is 1. The van der Waals surface area contributed by atoms with Crippen molar-refractivity contribution < 1.29 is 9.66 Å². The molecule has 8 heteroatoms. The summed E-state index contributed by atoms with van der Waals surface area (Å²) in [4.78, 5) is 18.2. The fourth-order valence-corrected chi connectivity index (χ4v) is 3.76. The topological polar surface area (TPSA) is 84.9 Å². The third-order valence-electron chi connectivity index (χ3n) is 5.33. The molecule has 0 aliphatic carbocycles. The molecule has 1 fully saturated rings. The van der Waals surface area contributed by atoms with E-state index in [0.29, 0.717) is 18.8 Å². The monoisotopic (exact) mass is 421 g/mol. The van der Waals surface area contributed by atoms with Crippen molar-refractivity contribution in [1.29, 1.82) is 0 Å². The Hall–Kier alpha value is -3.23. The number of fused-ring (bicyclic) bond motifs is 1. The Morgan fingerprint density at radius 2 is 2.03 bits per heavy atom. The lowest BCUT2D eigenvalue weighted by Crippen LogP contribution is -2.28. The summed E-state index contributed by atoms with van der Waals surface area (Å²) >= 11 is 0. The van der Waals surface area contributed by atoms with Crippen molar-refractivity contribution in [3.05, 3.63) is 70.6 Å². The second-order valence-corrected chi connectivity index (χ2v) is 7.93. The number of nitrogens with zero attached hydrogens (tertiary/aromatic N) is 4. The van der Waals surface area contributed by atoms with Crippen molar-refractivity contribution in [2.45, 2.75) is 19.9 Å². The maximum absolute atomic E-state index is 11.3. The van der Waals surface area contributed by atoms with Gasteiger partial charge in [0.1, 0.15) is 18.0 Å². The van der Waals surface area contributed by atoms with Gasteiger partial charge in [0.25, 0.3) is 5.69 Å². The quantitative estimate of drug-likeness (QED) is 0.356. The lowest BCUT2D eigenvalue weighted by atomic mass is 10.1. The number of aromatic nitrogens is 2. The van der Waals surface area contributed by atoms with Crippen LogP contribution in [-0.2, 0) is 6.54 Å². The Balaban J connectivity index is 1.72. The molecule has 4 rings (SSSR count). The molecule has 3 heterocycles. The molecule has 31 heavy (non-hydrogen) atoms. The van der Waals surface area contributed by atoms with Gasteiger partial charge in [-0.15, -0.1) is 0 Å². The van der Waals surface area contributed by atoms with Gasteiger partial charge >= 0.3 is 0 Å². The number of benzene rings is 1. The summed E-state index contributed by atoms with van der Waals surface area (Å²) < 4.78 is 7.57. The number of nitrogens with one attached hydrogen (secondary N) is 1. The highest BCUT2D eigenvalue weighted by atomic mass is 16.6. The van der Waals surface area contributed by atoms with E-state index in [2.05, 4.69) is 16.8 Å². The van der Waals surface area contributed by atoms with Crippen LogP contribution in [0.5, 0.6) is 5.75 Å². The van der Waals surface area contributed by atoms with Crippen LogP contribution in [0.3, 0.4) is 0 Å². The van der Waals surface area contributed by atoms with E-state index in [-0.39, 0.29) is 10.6 Å². The molecule has 1 aliphatic heterocycles. The number of hydrogen-bond donors (Lipinski definition) is 1. The van der Waals surface area contributed by atoms with Crippen molar-refractivity contribution in [3.8, 4) is 17.0 Å². The van der Waals surface area contributed by atoms with Crippen molar-refractivity contribution in [1.82, 2.24) is 19.6 Å². The van der Waals surface area contributed by atoms with Crippen LogP contribution in [0.2, 0.25) is 0 Å². The average molecular weight is 422 g/mol. The van der Waals surface area contributed by atoms with E-state index >= 15 is 0 Å². The van der Waals surface area contributed by atoms with Gasteiger partial charge < -0.3 is 10.1 Å². The van der Waals surface area contributed by atoms with E-state index < -0.39 is 0 Å². The van der Waals surface area contributed by atoms with Crippen LogP contribution < -0.4 is 10.1 Å². The minimum Gasteiger partial charge on any atom is -0.489 e. The Morgan fingerprint density at radius 1 is 1.23 bits per heavy atom. The van der Waals surface area contributed by atoms with Crippen molar-refractivity contribution in [3.63, 3.8) is 0 Å². The first-order valence-electron chi connectivity index (χ1n) is 10.5. The highest BCUT2D eigenvalue weighted by Gasteiger charge is 2.20. The van der Waals surface area contributed by atoms with Crippen LogP contribution in [0.25, 0.3) is 16.9 Å². The van der Waals surface area contributed by atoms with Crippen LogP contribution in [-0.4, -0.2) is 52.0 Å². The van der Waals surface area contributed by atoms with Gasteiger partial charge in [-0.3, -0.25) is 19.4 Å². The van der Waals surface area contributed by atoms with Gasteiger partial charge in [0.05, 0.1) is 22.5 Å².